The molecule has 2 aromatic rings. The Morgan fingerprint density at radius 2 is 2.17 bits per heavy atom. The summed E-state index contributed by atoms with van der Waals surface area (Å²) in [4.78, 5) is 32.8. The first-order valence-corrected chi connectivity index (χ1v) is 8.28. The number of nitrogens with one attached hydrogen (secondary N) is 1. The molecular weight excluding hydrogens is 306 g/mol. The molecule has 7 nitrogen and oxygen atoms in total. The molecule has 7 heteroatoms. The van der Waals surface area contributed by atoms with E-state index in [4.69, 9.17) is 0 Å². The second-order valence-electron chi connectivity index (χ2n) is 6.47. The highest BCUT2D eigenvalue weighted by molar-refractivity contribution is 5.76. The van der Waals surface area contributed by atoms with Gasteiger partial charge in [0.2, 0.25) is 5.91 Å². The third kappa shape index (κ3) is 3.25. The third-order valence-electron chi connectivity index (χ3n) is 4.92. The van der Waals surface area contributed by atoms with Crippen LogP contribution in [0.2, 0.25) is 0 Å². The van der Waals surface area contributed by atoms with Crippen molar-refractivity contribution in [3.8, 4) is 0 Å². The molecule has 0 unspecified atom stereocenters. The summed E-state index contributed by atoms with van der Waals surface area (Å²) >= 11 is 0. The zero-order valence-corrected chi connectivity index (χ0v) is 14.4. The van der Waals surface area contributed by atoms with Crippen molar-refractivity contribution < 1.29 is 4.79 Å². The Kier molecular flexibility index (Phi) is 4.51. The van der Waals surface area contributed by atoms with Gasteiger partial charge < -0.3 is 9.88 Å². The molecule has 1 N–H and O–H groups in total. The van der Waals surface area contributed by atoms with Crippen LogP contribution in [-0.4, -0.2) is 43.6 Å². The van der Waals surface area contributed by atoms with E-state index in [2.05, 4.69) is 15.1 Å². The molecule has 1 amide bonds. The van der Waals surface area contributed by atoms with Crippen LogP contribution in [0, 0.1) is 20.8 Å². The Bertz CT molecular complexity index is 808. The first-order chi connectivity index (χ1) is 11.5. The summed E-state index contributed by atoms with van der Waals surface area (Å²) in [6.07, 6.45) is 3.29. The number of aryl methyl sites for hydroxylation is 1. The number of aromatic amines is 1. The Morgan fingerprint density at radius 3 is 2.83 bits per heavy atom. The quantitative estimate of drug-likeness (QED) is 0.920. The highest BCUT2D eigenvalue weighted by Crippen LogP contribution is 2.25. The molecule has 0 saturated carbocycles. The molecule has 1 fully saturated rings. The van der Waals surface area contributed by atoms with Gasteiger partial charge in [-0.3, -0.25) is 14.3 Å². The first kappa shape index (κ1) is 16.4. The van der Waals surface area contributed by atoms with Crippen LogP contribution < -0.4 is 5.56 Å². The Hall–Kier alpha value is -2.44. The minimum absolute atomic E-state index is 0.0649. The zero-order valence-electron chi connectivity index (χ0n) is 14.4. The fraction of sp³-hybridized carbons (Fsp3) is 0.529. The molecule has 0 bridgehead atoms. The topological polar surface area (TPSA) is 83.9 Å². The Balaban J connectivity index is 1.71. The molecule has 2 aromatic heterocycles. The second-order valence-corrected chi connectivity index (χ2v) is 6.47. The molecule has 3 heterocycles. The maximum atomic E-state index is 12.7. The minimum Gasteiger partial charge on any atom is -0.340 e. The van der Waals surface area contributed by atoms with Crippen LogP contribution in [0.3, 0.4) is 0 Å². The van der Waals surface area contributed by atoms with Gasteiger partial charge in [0.05, 0.1) is 17.7 Å². The van der Waals surface area contributed by atoms with Crippen LogP contribution in [0.5, 0.6) is 0 Å². The standard InChI is InChI=1S/C17H23N5O2/c1-11-12(2)20-22(13(11)3)9-17(24)21-6-4-5-14(8-21)15-7-16(23)19-10-18-15/h7,10,14H,4-6,8-9H2,1-3H3,(H,18,19,23)/t14-/m0/s1. The molecule has 0 aromatic carbocycles. The summed E-state index contributed by atoms with van der Waals surface area (Å²) in [5, 5.41) is 4.44. The number of carbonyl (C=O) groups is 1. The number of rotatable bonds is 3. The summed E-state index contributed by atoms with van der Waals surface area (Å²) in [7, 11) is 0. The maximum Gasteiger partial charge on any atom is 0.250 e. The Morgan fingerprint density at radius 1 is 1.38 bits per heavy atom. The van der Waals surface area contributed by atoms with E-state index >= 15 is 0 Å². The highest BCUT2D eigenvalue weighted by atomic mass is 16.2. The molecule has 3 rings (SSSR count). The second kappa shape index (κ2) is 6.59. The van der Waals surface area contributed by atoms with E-state index in [9.17, 15) is 9.59 Å². The van der Waals surface area contributed by atoms with E-state index in [0.29, 0.717) is 6.54 Å². The monoisotopic (exact) mass is 329 g/mol. The van der Waals surface area contributed by atoms with Crippen LogP contribution in [0.4, 0.5) is 0 Å². The predicted molar refractivity (Wildman–Crippen MR) is 89.9 cm³/mol. The van der Waals surface area contributed by atoms with Gasteiger partial charge in [-0.2, -0.15) is 5.10 Å². The van der Waals surface area contributed by atoms with Gasteiger partial charge in [-0.05, 0) is 39.2 Å². The van der Waals surface area contributed by atoms with E-state index in [-0.39, 0.29) is 23.9 Å². The normalized spacial score (nSPS) is 18.0. The van der Waals surface area contributed by atoms with E-state index in [1.165, 1.54) is 12.4 Å². The van der Waals surface area contributed by atoms with Crippen molar-refractivity contribution in [2.75, 3.05) is 13.1 Å². The maximum absolute atomic E-state index is 12.7. The first-order valence-electron chi connectivity index (χ1n) is 8.28. The van der Waals surface area contributed by atoms with Gasteiger partial charge in [-0.25, -0.2) is 4.98 Å². The van der Waals surface area contributed by atoms with Gasteiger partial charge in [0.25, 0.3) is 5.56 Å². The lowest BCUT2D eigenvalue weighted by Crippen LogP contribution is -2.41. The molecule has 0 aliphatic carbocycles. The number of hydrogen-bond acceptors (Lipinski definition) is 4. The zero-order chi connectivity index (χ0) is 17.3. The summed E-state index contributed by atoms with van der Waals surface area (Å²) in [5.41, 5.74) is 3.74. The number of hydrogen-bond donors (Lipinski definition) is 1. The largest absolute Gasteiger partial charge is 0.340 e. The van der Waals surface area contributed by atoms with Gasteiger partial charge in [-0.1, -0.05) is 0 Å². The van der Waals surface area contributed by atoms with Crippen LogP contribution in [0.1, 0.15) is 41.4 Å². The average molecular weight is 329 g/mol. The van der Waals surface area contributed by atoms with Gasteiger partial charge in [0.15, 0.2) is 0 Å². The van der Waals surface area contributed by atoms with E-state index in [1.54, 1.807) is 4.68 Å². The number of H-pyrrole nitrogens is 1. The predicted octanol–water partition coefficient (Wildman–Crippen LogP) is 1.30. The fourth-order valence-corrected chi connectivity index (χ4v) is 3.22. The van der Waals surface area contributed by atoms with Gasteiger partial charge in [0, 0.05) is 30.8 Å². The van der Waals surface area contributed by atoms with Crippen molar-refractivity contribution in [2.24, 2.45) is 0 Å². The summed E-state index contributed by atoms with van der Waals surface area (Å²) in [6.45, 7) is 7.58. The van der Waals surface area contributed by atoms with Crippen molar-refractivity contribution in [1.29, 1.82) is 0 Å². The number of amides is 1. The summed E-state index contributed by atoms with van der Waals surface area (Å²) in [6, 6.07) is 1.53. The molecular formula is C17H23N5O2. The SMILES string of the molecule is Cc1nn(CC(=O)N2CCC[C@H](c3cc(=O)[nH]cn3)C2)c(C)c1C. The van der Waals surface area contributed by atoms with Crippen LogP contribution in [0.15, 0.2) is 17.2 Å². The molecule has 1 atom stereocenters. The molecule has 1 aliphatic heterocycles. The number of likely N-dealkylation sites (tertiary alicyclic amines) is 1. The van der Waals surface area contributed by atoms with Crippen molar-refractivity contribution >= 4 is 5.91 Å². The van der Waals surface area contributed by atoms with Crippen LogP contribution >= 0.6 is 0 Å². The summed E-state index contributed by atoms with van der Waals surface area (Å²) < 4.78 is 1.78. The number of carbonyl (C=O) groups excluding carboxylic acids is 1. The molecule has 0 spiro atoms. The minimum atomic E-state index is -0.151. The van der Waals surface area contributed by atoms with Crippen LogP contribution in [-0.2, 0) is 11.3 Å². The molecule has 128 valence electrons. The smallest absolute Gasteiger partial charge is 0.250 e. The van der Waals surface area contributed by atoms with Crippen molar-refractivity contribution in [2.45, 2.75) is 46.1 Å². The lowest BCUT2D eigenvalue weighted by molar-refractivity contribution is -0.133. The highest BCUT2D eigenvalue weighted by Gasteiger charge is 2.26. The number of aromatic nitrogens is 4. The van der Waals surface area contributed by atoms with Crippen molar-refractivity contribution in [1.82, 2.24) is 24.6 Å². The lowest BCUT2D eigenvalue weighted by Gasteiger charge is -2.32. The van der Waals surface area contributed by atoms with Gasteiger partial charge in [0.1, 0.15) is 6.54 Å². The average Bonchev–Trinajstić information content (AvgIpc) is 2.82. The van der Waals surface area contributed by atoms with E-state index in [1.807, 2.05) is 25.7 Å². The van der Waals surface area contributed by atoms with Crippen LogP contribution in [0.25, 0.3) is 0 Å². The number of piperidine rings is 1. The molecule has 24 heavy (non-hydrogen) atoms. The summed E-state index contributed by atoms with van der Waals surface area (Å²) in [5.74, 6) is 0.183. The molecule has 1 aliphatic rings. The Labute approximate surface area is 140 Å². The third-order valence-corrected chi connectivity index (χ3v) is 4.92. The van der Waals surface area contributed by atoms with E-state index < -0.39 is 0 Å². The van der Waals surface area contributed by atoms with E-state index in [0.717, 1.165) is 42.0 Å². The van der Waals surface area contributed by atoms with Crippen molar-refractivity contribution in [3.05, 3.63) is 45.4 Å². The number of nitrogens with zero attached hydrogens (tertiary/aromatic N) is 4. The molecule has 1 saturated heterocycles. The molecule has 0 radical (unpaired) electrons. The van der Waals surface area contributed by atoms with Gasteiger partial charge in [-0.15, -0.1) is 0 Å². The lowest BCUT2D eigenvalue weighted by atomic mass is 9.94. The fourth-order valence-electron chi connectivity index (χ4n) is 3.22. The van der Waals surface area contributed by atoms with Gasteiger partial charge >= 0.3 is 0 Å². The van der Waals surface area contributed by atoms with Crippen molar-refractivity contribution in [3.63, 3.8) is 0 Å².